The second-order valence-electron chi connectivity index (χ2n) is 5.74. The molecule has 2 aliphatic heterocycles. The van der Waals surface area contributed by atoms with E-state index in [1.807, 2.05) is 11.3 Å². The van der Waals surface area contributed by atoms with Crippen LogP contribution < -0.4 is 5.32 Å². The molecule has 2 fully saturated rings. The van der Waals surface area contributed by atoms with E-state index >= 15 is 0 Å². The molecule has 4 heteroatoms. The smallest absolute Gasteiger partial charge is 0.0713 e. The number of rotatable bonds is 3. The Morgan fingerprint density at radius 2 is 2.26 bits per heavy atom. The van der Waals surface area contributed by atoms with E-state index in [1.165, 1.54) is 35.6 Å². The van der Waals surface area contributed by atoms with Crippen molar-refractivity contribution in [1.29, 1.82) is 0 Å². The Morgan fingerprint density at radius 3 is 3.00 bits per heavy atom. The van der Waals surface area contributed by atoms with E-state index in [1.54, 1.807) is 0 Å². The predicted octanol–water partition coefficient (Wildman–Crippen LogP) is 3.84. The predicted molar refractivity (Wildman–Crippen MR) is 84.1 cm³/mol. The van der Waals surface area contributed by atoms with Crippen LogP contribution in [0.2, 0.25) is 0 Å². The van der Waals surface area contributed by atoms with E-state index in [2.05, 4.69) is 41.5 Å². The van der Waals surface area contributed by atoms with Crippen LogP contribution in [0, 0.1) is 0 Å². The van der Waals surface area contributed by atoms with Crippen molar-refractivity contribution in [2.24, 2.45) is 0 Å². The Labute approximate surface area is 124 Å². The maximum atomic E-state index is 6.16. The van der Waals surface area contributed by atoms with Gasteiger partial charge in [-0.1, -0.05) is 6.07 Å². The first-order valence-electron chi connectivity index (χ1n) is 7.29. The molecule has 2 atom stereocenters. The van der Waals surface area contributed by atoms with Crippen LogP contribution in [-0.2, 0) is 4.74 Å². The van der Waals surface area contributed by atoms with Gasteiger partial charge in [-0.15, -0.1) is 11.3 Å². The molecule has 19 heavy (non-hydrogen) atoms. The Bertz CT molecular complexity index is 381. The van der Waals surface area contributed by atoms with Crippen LogP contribution in [0.15, 0.2) is 17.5 Å². The van der Waals surface area contributed by atoms with E-state index in [4.69, 9.17) is 4.74 Å². The minimum atomic E-state index is 0.191. The second kappa shape index (κ2) is 6.17. The van der Waals surface area contributed by atoms with Gasteiger partial charge in [0, 0.05) is 23.6 Å². The number of nitrogens with one attached hydrogen (secondary N) is 1. The van der Waals surface area contributed by atoms with Crippen LogP contribution in [0.25, 0.3) is 0 Å². The third kappa shape index (κ3) is 3.35. The van der Waals surface area contributed by atoms with Gasteiger partial charge in [0.05, 0.1) is 5.60 Å². The second-order valence-corrected chi connectivity index (χ2v) is 7.94. The van der Waals surface area contributed by atoms with Crippen LogP contribution in [0.3, 0.4) is 0 Å². The number of thioether (sulfide) groups is 1. The highest BCUT2D eigenvalue weighted by atomic mass is 32.2. The molecule has 0 aliphatic carbocycles. The summed E-state index contributed by atoms with van der Waals surface area (Å²) in [6.45, 7) is 3.21. The molecule has 3 rings (SSSR count). The average Bonchev–Trinajstić information content (AvgIpc) is 2.93. The summed E-state index contributed by atoms with van der Waals surface area (Å²) in [6.07, 6.45) is 4.83. The minimum absolute atomic E-state index is 0.191. The van der Waals surface area contributed by atoms with E-state index in [9.17, 15) is 0 Å². The van der Waals surface area contributed by atoms with Gasteiger partial charge < -0.3 is 10.1 Å². The van der Waals surface area contributed by atoms with Crippen LogP contribution in [0.5, 0.6) is 0 Å². The Morgan fingerprint density at radius 1 is 1.42 bits per heavy atom. The maximum Gasteiger partial charge on any atom is 0.0713 e. The monoisotopic (exact) mass is 297 g/mol. The fourth-order valence-electron chi connectivity index (χ4n) is 3.24. The van der Waals surface area contributed by atoms with Gasteiger partial charge in [-0.05, 0) is 55.6 Å². The van der Waals surface area contributed by atoms with Gasteiger partial charge in [-0.2, -0.15) is 11.8 Å². The molecule has 0 saturated carbocycles. The summed E-state index contributed by atoms with van der Waals surface area (Å²) in [6, 6.07) is 5.46. The van der Waals surface area contributed by atoms with Crippen molar-refractivity contribution in [3.63, 3.8) is 0 Å². The van der Waals surface area contributed by atoms with Crippen LogP contribution >= 0.6 is 23.1 Å². The van der Waals surface area contributed by atoms with E-state index in [0.717, 1.165) is 13.0 Å². The molecule has 0 aromatic carbocycles. The molecule has 1 N–H and O–H groups in total. The highest BCUT2D eigenvalue weighted by molar-refractivity contribution is 7.99. The molecule has 0 amide bonds. The van der Waals surface area contributed by atoms with Crippen LogP contribution in [0.4, 0.5) is 0 Å². The molecular weight excluding hydrogens is 274 g/mol. The summed E-state index contributed by atoms with van der Waals surface area (Å²) in [5.74, 6) is 2.54. The Hall–Kier alpha value is -0.0300. The van der Waals surface area contributed by atoms with E-state index in [-0.39, 0.29) is 5.60 Å². The SMILES string of the molecule is CC(NC1CCOC2(CCSCC2)C1)c1cccs1. The van der Waals surface area contributed by atoms with Crippen molar-refractivity contribution in [1.82, 2.24) is 5.32 Å². The maximum absolute atomic E-state index is 6.16. The minimum Gasteiger partial charge on any atom is -0.375 e. The van der Waals surface area contributed by atoms with Gasteiger partial charge in [0.25, 0.3) is 0 Å². The number of hydrogen-bond acceptors (Lipinski definition) is 4. The van der Waals surface area contributed by atoms with E-state index < -0.39 is 0 Å². The van der Waals surface area contributed by atoms with Gasteiger partial charge in [0.1, 0.15) is 0 Å². The first-order chi connectivity index (χ1) is 9.27. The summed E-state index contributed by atoms with van der Waals surface area (Å²) in [5.41, 5.74) is 0.191. The van der Waals surface area contributed by atoms with Gasteiger partial charge >= 0.3 is 0 Å². The van der Waals surface area contributed by atoms with Gasteiger partial charge in [-0.3, -0.25) is 0 Å². The molecule has 2 nitrogen and oxygen atoms in total. The number of hydrogen-bond donors (Lipinski definition) is 1. The van der Waals surface area contributed by atoms with Gasteiger partial charge in [0.2, 0.25) is 0 Å². The number of thiophene rings is 1. The Kier molecular flexibility index (Phi) is 4.52. The fraction of sp³-hybridized carbons (Fsp3) is 0.733. The van der Waals surface area contributed by atoms with Gasteiger partial charge in [-0.25, -0.2) is 0 Å². The van der Waals surface area contributed by atoms with Crippen molar-refractivity contribution >= 4 is 23.1 Å². The summed E-state index contributed by atoms with van der Waals surface area (Å²) in [7, 11) is 0. The first-order valence-corrected chi connectivity index (χ1v) is 9.32. The van der Waals surface area contributed by atoms with E-state index in [0.29, 0.717) is 12.1 Å². The standard InChI is InChI=1S/C15H23NOS2/c1-12(14-3-2-8-19-14)16-13-4-7-17-15(11-13)5-9-18-10-6-15/h2-3,8,12-13,16H,4-7,9-11H2,1H3. The van der Waals surface area contributed by atoms with Crippen molar-refractivity contribution in [2.75, 3.05) is 18.1 Å². The summed E-state index contributed by atoms with van der Waals surface area (Å²) in [4.78, 5) is 1.44. The van der Waals surface area contributed by atoms with Gasteiger partial charge in [0.15, 0.2) is 0 Å². The lowest BCUT2D eigenvalue weighted by Crippen LogP contribution is -2.49. The molecular formula is C15H23NOS2. The molecule has 2 saturated heterocycles. The lowest BCUT2D eigenvalue weighted by atomic mass is 9.85. The topological polar surface area (TPSA) is 21.3 Å². The molecule has 2 aliphatic rings. The quantitative estimate of drug-likeness (QED) is 0.916. The molecule has 3 heterocycles. The first kappa shape index (κ1) is 13.9. The third-order valence-corrected chi connectivity index (χ3v) is 6.39. The molecule has 1 aromatic rings. The van der Waals surface area contributed by atoms with Crippen LogP contribution in [0.1, 0.15) is 43.5 Å². The molecule has 1 spiro atoms. The van der Waals surface area contributed by atoms with Crippen molar-refractivity contribution in [3.8, 4) is 0 Å². The largest absolute Gasteiger partial charge is 0.375 e. The van der Waals surface area contributed by atoms with Crippen LogP contribution in [-0.4, -0.2) is 29.8 Å². The zero-order chi connectivity index (χ0) is 13.1. The third-order valence-electron chi connectivity index (χ3n) is 4.35. The lowest BCUT2D eigenvalue weighted by molar-refractivity contribution is -0.0940. The average molecular weight is 297 g/mol. The fourth-order valence-corrected chi connectivity index (χ4v) is 5.22. The highest BCUT2D eigenvalue weighted by Gasteiger charge is 2.38. The normalized spacial score (nSPS) is 28.4. The summed E-state index contributed by atoms with van der Waals surface area (Å²) in [5, 5.41) is 5.98. The molecule has 0 bridgehead atoms. The summed E-state index contributed by atoms with van der Waals surface area (Å²) >= 11 is 3.93. The lowest BCUT2D eigenvalue weighted by Gasteiger charge is -2.44. The zero-order valence-corrected chi connectivity index (χ0v) is 13.2. The molecule has 106 valence electrons. The molecule has 0 radical (unpaired) electrons. The molecule has 2 unspecified atom stereocenters. The van der Waals surface area contributed by atoms with Crippen molar-refractivity contribution < 1.29 is 4.74 Å². The Balaban J connectivity index is 1.59. The number of ether oxygens (including phenoxy) is 1. The zero-order valence-electron chi connectivity index (χ0n) is 11.6. The van der Waals surface area contributed by atoms with Crippen molar-refractivity contribution in [2.45, 2.75) is 50.3 Å². The molecule has 1 aromatic heterocycles. The summed E-state index contributed by atoms with van der Waals surface area (Å²) < 4.78 is 6.16. The highest BCUT2D eigenvalue weighted by Crippen LogP contribution is 2.38. The van der Waals surface area contributed by atoms with Crippen molar-refractivity contribution in [3.05, 3.63) is 22.4 Å².